The Morgan fingerprint density at radius 1 is 1.00 bits per heavy atom. The van der Waals surface area contributed by atoms with Gasteiger partial charge in [-0.05, 0) is 42.5 Å². The van der Waals surface area contributed by atoms with Crippen LogP contribution in [-0.2, 0) is 11.3 Å². The molecule has 0 fully saturated rings. The van der Waals surface area contributed by atoms with Crippen molar-refractivity contribution >= 4 is 11.6 Å². The Bertz CT molecular complexity index is 1270. The first-order valence-corrected chi connectivity index (χ1v) is 8.85. The zero-order valence-corrected chi connectivity index (χ0v) is 15.4. The molecule has 0 unspecified atom stereocenters. The van der Waals surface area contributed by atoms with E-state index in [-0.39, 0.29) is 23.1 Å². The average molecular weight is 408 g/mol. The van der Waals surface area contributed by atoms with Crippen LogP contribution in [0.3, 0.4) is 0 Å². The van der Waals surface area contributed by atoms with Crippen LogP contribution in [0.2, 0.25) is 0 Å². The molecule has 0 aliphatic rings. The van der Waals surface area contributed by atoms with Gasteiger partial charge in [0.25, 0.3) is 11.4 Å². The van der Waals surface area contributed by atoms with Crippen molar-refractivity contribution in [2.24, 2.45) is 0 Å². The Kier molecular flexibility index (Phi) is 5.17. The van der Waals surface area contributed by atoms with Crippen LogP contribution < -0.4 is 10.9 Å². The maximum Gasteiger partial charge on any atom is 0.274 e. The molecule has 0 saturated carbocycles. The third-order valence-corrected chi connectivity index (χ3v) is 4.25. The number of hydrogen-bond donors (Lipinski definition) is 1. The van der Waals surface area contributed by atoms with Crippen molar-refractivity contribution in [3.8, 4) is 23.0 Å². The van der Waals surface area contributed by atoms with Crippen molar-refractivity contribution in [2.45, 2.75) is 6.54 Å². The number of amides is 1. The molecule has 150 valence electrons. The van der Waals surface area contributed by atoms with Crippen molar-refractivity contribution in [2.75, 3.05) is 5.32 Å². The van der Waals surface area contributed by atoms with E-state index in [9.17, 15) is 18.4 Å². The SMILES string of the molecule is O=C(Cn1c(-c2nc(-c3ccc(F)cc3)no2)cccc1=O)Nc1ccccc1F. The summed E-state index contributed by atoms with van der Waals surface area (Å²) in [5.74, 6) is -1.39. The third-order valence-electron chi connectivity index (χ3n) is 4.25. The Morgan fingerprint density at radius 3 is 2.53 bits per heavy atom. The molecule has 0 atom stereocenters. The quantitative estimate of drug-likeness (QED) is 0.546. The number of nitrogens with zero attached hydrogens (tertiary/aromatic N) is 3. The first-order valence-electron chi connectivity index (χ1n) is 8.85. The highest BCUT2D eigenvalue weighted by Gasteiger charge is 2.17. The fraction of sp³-hybridized carbons (Fsp3) is 0.0476. The number of rotatable bonds is 5. The fourth-order valence-corrected chi connectivity index (χ4v) is 2.81. The smallest absolute Gasteiger partial charge is 0.274 e. The van der Waals surface area contributed by atoms with Crippen molar-refractivity contribution in [1.82, 2.24) is 14.7 Å². The highest BCUT2D eigenvalue weighted by molar-refractivity contribution is 5.90. The molecule has 1 N–H and O–H groups in total. The molecular formula is C21H14F2N4O3. The van der Waals surface area contributed by atoms with E-state index >= 15 is 0 Å². The van der Waals surface area contributed by atoms with Crippen LogP contribution in [0.1, 0.15) is 0 Å². The number of benzene rings is 2. The molecule has 1 amide bonds. The molecule has 0 radical (unpaired) electrons. The van der Waals surface area contributed by atoms with E-state index in [1.807, 2.05) is 0 Å². The van der Waals surface area contributed by atoms with Gasteiger partial charge in [0.15, 0.2) is 0 Å². The predicted molar refractivity (Wildman–Crippen MR) is 104 cm³/mol. The second-order valence-corrected chi connectivity index (χ2v) is 6.29. The normalized spacial score (nSPS) is 10.7. The minimum Gasteiger partial charge on any atom is -0.332 e. The van der Waals surface area contributed by atoms with E-state index < -0.39 is 29.6 Å². The summed E-state index contributed by atoms with van der Waals surface area (Å²) < 4.78 is 33.3. The van der Waals surface area contributed by atoms with E-state index in [2.05, 4.69) is 15.5 Å². The van der Waals surface area contributed by atoms with Crippen LogP contribution in [-0.4, -0.2) is 20.6 Å². The number of carbonyl (C=O) groups excluding carboxylic acids is 1. The van der Waals surface area contributed by atoms with E-state index in [1.165, 1.54) is 54.6 Å². The summed E-state index contributed by atoms with van der Waals surface area (Å²) in [5, 5.41) is 6.27. The van der Waals surface area contributed by atoms with Crippen molar-refractivity contribution < 1.29 is 18.1 Å². The van der Waals surface area contributed by atoms with Crippen LogP contribution in [0.25, 0.3) is 23.0 Å². The minimum atomic E-state index is -0.604. The molecule has 2 aromatic heterocycles. The van der Waals surface area contributed by atoms with Gasteiger partial charge in [-0.3, -0.25) is 14.2 Å². The lowest BCUT2D eigenvalue weighted by Gasteiger charge is -2.10. The first kappa shape index (κ1) is 19.2. The second kappa shape index (κ2) is 8.08. The molecule has 4 aromatic rings. The topological polar surface area (TPSA) is 90.0 Å². The number of hydrogen-bond acceptors (Lipinski definition) is 5. The summed E-state index contributed by atoms with van der Waals surface area (Å²) in [5.41, 5.74) is 0.266. The number of halogens is 2. The molecule has 0 aliphatic heterocycles. The fourth-order valence-electron chi connectivity index (χ4n) is 2.81. The summed E-state index contributed by atoms with van der Waals surface area (Å²) >= 11 is 0. The highest BCUT2D eigenvalue weighted by Crippen LogP contribution is 2.22. The molecule has 2 heterocycles. The average Bonchev–Trinajstić information content (AvgIpc) is 3.22. The molecule has 0 aliphatic carbocycles. The van der Waals surface area contributed by atoms with Gasteiger partial charge in [-0.25, -0.2) is 8.78 Å². The third kappa shape index (κ3) is 4.00. The van der Waals surface area contributed by atoms with Crippen molar-refractivity contribution in [3.05, 3.63) is 88.7 Å². The van der Waals surface area contributed by atoms with Crippen molar-refractivity contribution in [1.29, 1.82) is 0 Å². The van der Waals surface area contributed by atoms with Gasteiger partial charge >= 0.3 is 0 Å². The Hall–Kier alpha value is -4.14. The van der Waals surface area contributed by atoms with Gasteiger partial charge in [0.1, 0.15) is 23.9 Å². The van der Waals surface area contributed by atoms with Gasteiger partial charge in [0.05, 0.1) is 5.69 Å². The lowest BCUT2D eigenvalue weighted by Crippen LogP contribution is -2.28. The zero-order valence-electron chi connectivity index (χ0n) is 15.4. The number of anilines is 1. The summed E-state index contributed by atoms with van der Waals surface area (Å²) in [6.45, 7) is -0.391. The van der Waals surface area contributed by atoms with Crippen molar-refractivity contribution in [3.63, 3.8) is 0 Å². The monoisotopic (exact) mass is 408 g/mol. The van der Waals surface area contributed by atoms with E-state index in [0.29, 0.717) is 5.56 Å². The van der Waals surface area contributed by atoms with Crippen LogP contribution in [0.5, 0.6) is 0 Å². The maximum absolute atomic E-state index is 13.8. The zero-order chi connectivity index (χ0) is 21.1. The summed E-state index contributed by atoms with van der Waals surface area (Å²) in [4.78, 5) is 29.0. The van der Waals surface area contributed by atoms with Gasteiger partial charge in [-0.1, -0.05) is 23.4 Å². The summed E-state index contributed by atoms with van der Waals surface area (Å²) in [6, 6.07) is 15.5. The number of aromatic nitrogens is 3. The summed E-state index contributed by atoms with van der Waals surface area (Å²) in [7, 11) is 0. The lowest BCUT2D eigenvalue weighted by molar-refractivity contribution is -0.116. The van der Waals surface area contributed by atoms with E-state index in [0.717, 1.165) is 4.57 Å². The molecule has 9 heteroatoms. The van der Waals surface area contributed by atoms with Crippen LogP contribution in [0.15, 0.2) is 76.0 Å². The molecule has 4 rings (SSSR count). The van der Waals surface area contributed by atoms with Crippen LogP contribution >= 0.6 is 0 Å². The lowest BCUT2D eigenvalue weighted by atomic mass is 10.2. The molecule has 0 bridgehead atoms. The van der Waals surface area contributed by atoms with E-state index in [1.54, 1.807) is 12.1 Å². The predicted octanol–water partition coefficient (Wildman–Crippen LogP) is 3.48. The molecule has 2 aromatic carbocycles. The Morgan fingerprint density at radius 2 is 1.77 bits per heavy atom. The van der Waals surface area contributed by atoms with Gasteiger partial charge in [0.2, 0.25) is 11.7 Å². The molecule has 30 heavy (non-hydrogen) atoms. The largest absolute Gasteiger partial charge is 0.332 e. The molecular weight excluding hydrogens is 394 g/mol. The van der Waals surface area contributed by atoms with Crippen LogP contribution in [0, 0.1) is 11.6 Å². The standard InChI is InChI=1S/C21H14F2N4O3/c22-14-10-8-13(9-11-14)20-25-21(30-26-20)17-6-3-7-19(29)27(17)12-18(28)24-16-5-2-1-4-15(16)23/h1-11H,12H2,(H,24,28). The number of para-hydroxylation sites is 1. The molecule has 7 nitrogen and oxygen atoms in total. The summed E-state index contributed by atoms with van der Waals surface area (Å²) in [6.07, 6.45) is 0. The second-order valence-electron chi connectivity index (χ2n) is 6.29. The Balaban J connectivity index is 1.62. The first-order chi connectivity index (χ1) is 14.5. The minimum absolute atomic E-state index is 0.00409. The van der Waals surface area contributed by atoms with E-state index in [4.69, 9.17) is 4.52 Å². The Labute approximate surface area is 168 Å². The maximum atomic E-state index is 13.8. The van der Waals surface area contributed by atoms with Gasteiger partial charge in [-0.15, -0.1) is 0 Å². The number of nitrogens with one attached hydrogen (secondary N) is 1. The molecule has 0 saturated heterocycles. The van der Waals surface area contributed by atoms with Gasteiger partial charge in [0, 0.05) is 11.6 Å². The highest BCUT2D eigenvalue weighted by atomic mass is 19.1. The van der Waals surface area contributed by atoms with Crippen LogP contribution in [0.4, 0.5) is 14.5 Å². The number of carbonyl (C=O) groups is 1. The molecule has 0 spiro atoms. The van der Waals surface area contributed by atoms with Gasteiger partial charge < -0.3 is 9.84 Å². The number of pyridine rings is 1. The van der Waals surface area contributed by atoms with Gasteiger partial charge in [-0.2, -0.15) is 4.98 Å².